The van der Waals surface area contributed by atoms with Gasteiger partial charge in [0.1, 0.15) is 42.4 Å². The molecule has 1 aromatic rings. The van der Waals surface area contributed by atoms with Crippen LogP contribution in [0.4, 0.5) is 0 Å². The molecule has 0 aromatic heterocycles. The maximum atomic E-state index is 14.9. The van der Waals surface area contributed by atoms with E-state index in [1.165, 1.54) is 19.6 Å². The van der Waals surface area contributed by atoms with Crippen molar-refractivity contribution in [1.82, 2.24) is 30.2 Å². The second-order valence-electron chi connectivity index (χ2n) is 20.1. The van der Waals surface area contributed by atoms with Crippen LogP contribution >= 0.6 is 0 Å². The summed E-state index contributed by atoms with van der Waals surface area (Å²) in [5, 5.41) is 5.99. The number of hydrogen-bond acceptors (Lipinski definition) is 10. The molecule has 65 heavy (non-hydrogen) atoms. The number of hydrogen-bond donors (Lipinski definition) is 2. The second kappa shape index (κ2) is 21.1. The van der Waals surface area contributed by atoms with Crippen LogP contribution in [0.1, 0.15) is 125 Å². The fourth-order valence-corrected chi connectivity index (χ4v) is 10.4. The van der Waals surface area contributed by atoms with Crippen LogP contribution in [0.25, 0.3) is 0 Å². The van der Waals surface area contributed by atoms with Crippen molar-refractivity contribution < 1.29 is 47.8 Å². The van der Waals surface area contributed by atoms with Gasteiger partial charge in [0.15, 0.2) is 6.10 Å². The van der Waals surface area contributed by atoms with Gasteiger partial charge in [-0.2, -0.15) is 0 Å². The number of rotatable bonds is 7. The third kappa shape index (κ3) is 10.7. The van der Waals surface area contributed by atoms with Crippen LogP contribution in [-0.2, 0) is 54.3 Å². The summed E-state index contributed by atoms with van der Waals surface area (Å²) in [5.74, 6) is -5.49. The smallest absolute Gasteiger partial charge is 0.329 e. The molecular weight excluding hydrogens is 833 g/mol. The zero-order valence-corrected chi connectivity index (χ0v) is 39.7. The van der Waals surface area contributed by atoms with E-state index in [0.29, 0.717) is 70.6 Å². The fourth-order valence-electron chi connectivity index (χ4n) is 10.4. The van der Waals surface area contributed by atoms with Crippen LogP contribution in [0.3, 0.4) is 0 Å². The van der Waals surface area contributed by atoms with Crippen molar-refractivity contribution in [2.45, 2.75) is 174 Å². The minimum Gasteiger partial charge on any atom is -0.460 e. The van der Waals surface area contributed by atoms with Crippen LogP contribution in [0.15, 0.2) is 30.3 Å². The summed E-state index contributed by atoms with van der Waals surface area (Å²) in [6.45, 7) is 15.3. The summed E-state index contributed by atoms with van der Waals surface area (Å²) < 4.78 is 12.3. The van der Waals surface area contributed by atoms with E-state index >= 15 is 0 Å². The van der Waals surface area contributed by atoms with E-state index in [2.05, 4.69) is 10.6 Å². The average Bonchev–Trinajstić information content (AvgIpc) is 4.12. The molecule has 1 aromatic carbocycles. The lowest BCUT2D eigenvalue weighted by molar-refractivity contribution is -0.170. The Morgan fingerprint density at radius 2 is 1.09 bits per heavy atom. The Balaban J connectivity index is 1.38. The molecule has 16 heteroatoms. The van der Waals surface area contributed by atoms with Gasteiger partial charge in [0.05, 0.1) is 5.41 Å². The van der Waals surface area contributed by atoms with Gasteiger partial charge in [-0.05, 0) is 101 Å². The Morgan fingerprint density at radius 1 is 0.600 bits per heavy atom. The first-order chi connectivity index (χ1) is 30.9. The Hall–Kier alpha value is -5.02. The number of carbonyl (C=O) groups excluding carboxylic acids is 8. The topological polar surface area (TPSA) is 192 Å². The zero-order chi connectivity index (χ0) is 47.3. The van der Waals surface area contributed by atoms with E-state index in [1.807, 2.05) is 44.2 Å². The summed E-state index contributed by atoms with van der Waals surface area (Å²) >= 11 is 0. The summed E-state index contributed by atoms with van der Waals surface area (Å²) in [5.41, 5.74) is -0.371. The third-order valence-electron chi connectivity index (χ3n) is 14.3. The number of cyclic esters (lactones) is 2. The lowest BCUT2D eigenvalue weighted by Crippen LogP contribution is -2.59. The van der Waals surface area contributed by atoms with Crippen LogP contribution < -0.4 is 10.6 Å². The maximum absolute atomic E-state index is 14.9. The Labute approximate surface area is 384 Å². The molecule has 2 N–H and O–H groups in total. The number of benzene rings is 1. The number of esters is 2. The lowest BCUT2D eigenvalue weighted by Gasteiger charge is -2.37. The Bertz CT molecular complexity index is 1940. The first kappa shape index (κ1) is 49.4. The van der Waals surface area contributed by atoms with Crippen molar-refractivity contribution in [2.24, 2.45) is 23.2 Å². The molecular formula is C49H72N6O10. The predicted molar refractivity (Wildman–Crippen MR) is 240 cm³/mol. The molecule has 6 rings (SSSR count). The van der Waals surface area contributed by atoms with Crippen molar-refractivity contribution in [1.29, 1.82) is 0 Å². The summed E-state index contributed by atoms with van der Waals surface area (Å²) in [7, 11) is 0. The molecule has 9 atom stereocenters. The van der Waals surface area contributed by atoms with Crippen LogP contribution in [-0.4, -0.2) is 142 Å². The maximum Gasteiger partial charge on any atom is 0.329 e. The molecule has 6 amide bonds. The normalized spacial score (nSPS) is 30.6. The first-order valence-corrected chi connectivity index (χ1v) is 24.1. The van der Waals surface area contributed by atoms with Crippen molar-refractivity contribution in [3.63, 3.8) is 0 Å². The van der Waals surface area contributed by atoms with E-state index in [4.69, 9.17) is 9.47 Å². The van der Waals surface area contributed by atoms with Crippen molar-refractivity contribution >= 4 is 47.4 Å². The largest absolute Gasteiger partial charge is 0.460 e. The number of ether oxygens (including phenoxy) is 2. The number of nitrogens with zero attached hydrogens (tertiary/aromatic N) is 4. The van der Waals surface area contributed by atoms with E-state index in [1.54, 1.807) is 41.5 Å². The molecule has 358 valence electrons. The van der Waals surface area contributed by atoms with E-state index in [0.717, 1.165) is 5.56 Å². The van der Waals surface area contributed by atoms with Gasteiger partial charge in [-0.3, -0.25) is 28.8 Å². The molecule has 0 spiro atoms. The van der Waals surface area contributed by atoms with Crippen LogP contribution in [0.2, 0.25) is 0 Å². The molecule has 5 fully saturated rings. The van der Waals surface area contributed by atoms with Gasteiger partial charge in [0.2, 0.25) is 29.5 Å². The van der Waals surface area contributed by atoms with Gasteiger partial charge in [-0.25, -0.2) is 9.59 Å². The van der Waals surface area contributed by atoms with E-state index < -0.39 is 113 Å². The molecule has 0 bridgehead atoms. The molecule has 5 heterocycles. The molecule has 0 radical (unpaired) electrons. The van der Waals surface area contributed by atoms with E-state index in [-0.39, 0.29) is 32.1 Å². The van der Waals surface area contributed by atoms with Gasteiger partial charge >= 0.3 is 11.9 Å². The second-order valence-corrected chi connectivity index (χ2v) is 20.1. The third-order valence-corrected chi connectivity index (χ3v) is 14.3. The highest BCUT2D eigenvalue weighted by Crippen LogP contribution is 2.33. The molecule has 0 aliphatic carbocycles. The Morgan fingerprint density at radius 3 is 1.63 bits per heavy atom. The molecule has 5 aliphatic heterocycles. The number of nitrogens with one attached hydrogen (secondary N) is 2. The van der Waals surface area contributed by atoms with Gasteiger partial charge in [-0.15, -0.1) is 0 Å². The fraction of sp³-hybridized carbons (Fsp3) is 0.714. The monoisotopic (exact) mass is 905 g/mol. The lowest BCUT2D eigenvalue weighted by atomic mass is 9.82. The van der Waals surface area contributed by atoms with Gasteiger partial charge < -0.3 is 39.7 Å². The molecule has 16 nitrogen and oxygen atoms in total. The number of fused-ring (bicyclic) bond motifs is 4. The standard InChI is InChI=1S/C49H72N6O10/c1-9-17-37-49(7,8)48(63)51-38(29(2)3)43(58)54-26-16-23-36(54)47(62)65-40(30(4)5)45(60)53-25-14-21-34(53)42(57)52-24-13-20-33(52)41(56)50-39(31(6)28-32-18-11-10-12-19-32)44(59)55-27-15-22-35(55)46(61)64-37/h10-12,18-19,29-31,33-40H,9,13-17,20-28H2,1-8H3,(H,50,56)(H,51,63). The van der Waals surface area contributed by atoms with Crippen molar-refractivity contribution in [3.05, 3.63) is 35.9 Å². The van der Waals surface area contributed by atoms with E-state index in [9.17, 15) is 38.4 Å². The minimum absolute atomic E-state index is 0.243. The minimum atomic E-state index is -1.33. The summed E-state index contributed by atoms with van der Waals surface area (Å²) in [4.78, 5) is 121. The molecule has 9 unspecified atom stereocenters. The van der Waals surface area contributed by atoms with Crippen LogP contribution in [0, 0.1) is 23.2 Å². The zero-order valence-electron chi connectivity index (χ0n) is 39.7. The van der Waals surface area contributed by atoms with Gasteiger partial charge in [0, 0.05) is 26.2 Å². The summed E-state index contributed by atoms with van der Waals surface area (Å²) in [6.07, 6.45) is 2.59. The highest BCUT2D eigenvalue weighted by Gasteiger charge is 2.49. The SMILES string of the molecule is CCCC1OC(=O)C2CCCN2C(=O)C(C(C)Cc2ccccc2)NC(=O)C2CCCN2C(=O)C2CCCN2C(=O)C(C(C)C)OC(=O)C2CCCN2C(=O)C(C(C)C)NC(=O)C1(C)C. The van der Waals surface area contributed by atoms with Crippen molar-refractivity contribution in [2.75, 3.05) is 26.2 Å². The average molecular weight is 905 g/mol. The predicted octanol–water partition coefficient (Wildman–Crippen LogP) is 3.77. The number of amides is 6. The first-order valence-electron chi connectivity index (χ1n) is 24.1. The molecule has 5 saturated heterocycles. The quantitative estimate of drug-likeness (QED) is 0.381. The highest BCUT2D eigenvalue weighted by atomic mass is 16.6. The van der Waals surface area contributed by atoms with Crippen LogP contribution in [0.5, 0.6) is 0 Å². The van der Waals surface area contributed by atoms with Gasteiger partial charge in [0.25, 0.3) is 5.91 Å². The summed E-state index contributed by atoms with van der Waals surface area (Å²) in [6, 6.07) is 3.74. The molecule has 5 aliphatic rings. The number of carbonyl (C=O) groups is 8. The van der Waals surface area contributed by atoms with Crippen molar-refractivity contribution in [3.8, 4) is 0 Å². The Kier molecular flexibility index (Phi) is 16.0. The molecule has 0 saturated carbocycles. The highest BCUT2D eigenvalue weighted by molar-refractivity contribution is 5.97. The van der Waals surface area contributed by atoms with Gasteiger partial charge in [-0.1, -0.05) is 78.3 Å².